The first kappa shape index (κ1) is 22.1. The number of carbonyl (C=O) groups excluding carboxylic acids is 3. The van der Waals surface area contributed by atoms with E-state index in [2.05, 4.69) is 10.6 Å². The molecule has 1 unspecified atom stereocenters. The highest BCUT2D eigenvalue weighted by Crippen LogP contribution is 2.29. The third-order valence-corrected chi connectivity index (χ3v) is 5.68. The lowest BCUT2D eigenvalue weighted by molar-refractivity contribution is -0.122. The molecule has 4 rings (SSSR count). The van der Waals surface area contributed by atoms with Gasteiger partial charge in [0.2, 0.25) is 11.8 Å². The minimum Gasteiger partial charge on any atom is -0.497 e. The molecule has 33 heavy (non-hydrogen) atoms. The minimum atomic E-state index is -0.505. The Kier molecular flexibility index (Phi) is 6.40. The van der Waals surface area contributed by atoms with Gasteiger partial charge in [-0.15, -0.1) is 0 Å². The average molecular weight is 444 g/mol. The number of methoxy groups -OCH3 is 1. The number of carbonyl (C=O) groups is 3. The van der Waals surface area contributed by atoms with Gasteiger partial charge in [0.15, 0.2) is 0 Å². The van der Waals surface area contributed by atoms with Crippen LogP contribution in [0, 0.1) is 12.8 Å². The van der Waals surface area contributed by atoms with Crippen molar-refractivity contribution in [3.05, 3.63) is 83.9 Å². The molecular weight excluding hydrogens is 418 g/mol. The van der Waals surface area contributed by atoms with E-state index in [1.807, 2.05) is 31.2 Å². The van der Waals surface area contributed by atoms with E-state index in [9.17, 15) is 14.4 Å². The molecule has 1 aliphatic heterocycles. The smallest absolute Gasteiger partial charge is 0.257 e. The summed E-state index contributed by atoms with van der Waals surface area (Å²) in [5.74, 6) is -0.541. The quantitative estimate of drug-likeness (QED) is 0.596. The predicted molar refractivity (Wildman–Crippen MR) is 128 cm³/mol. The molecule has 1 aliphatic rings. The third kappa shape index (κ3) is 4.87. The van der Waals surface area contributed by atoms with Crippen LogP contribution in [0.1, 0.15) is 22.3 Å². The molecule has 1 atom stereocenters. The maximum Gasteiger partial charge on any atom is 0.257 e. The van der Waals surface area contributed by atoms with Gasteiger partial charge in [-0.2, -0.15) is 0 Å². The zero-order chi connectivity index (χ0) is 23.4. The number of para-hydroxylation sites is 2. The Morgan fingerprint density at radius 3 is 2.36 bits per heavy atom. The van der Waals surface area contributed by atoms with Gasteiger partial charge in [0.1, 0.15) is 5.75 Å². The highest BCUT2D eigenvalue weighted by Gasteiger charge is 2.36. The summed E-state index contributed by atoms with van der Waals surface area (Å²) in [6.45, 7) is 2.24. The fraction of sp³-hybridized carbons (Fsp3) is 0.192. The zero-order valence-electron chi connectivity index (χ0n) is 18.5. The van der Waals surface area contributed by atoms with Crippen LogP contribution >= 0.6 is 0 Å². The summed E-state index contributed by atoms with van der Waals surface area (Å²) in [7, 11) is 1.57. The first-order chi connectivity index (χ1) is 16.0. The molecule has 0 saturated carbocycles. The highest BCUT2D eigenvalue weighted by molar-refractivity contribution is 6.11. The maximum absolute atomic E-state index is 13.0. The van der Waals surface area contributed by atoms with E-state index < -0.39 is 5.92 Å². The van der Waals surface area contributed by atoms with Gasteiger partial charge in [-0.3, -0.25) is 14.4 Å². The van der Waals surface area contributed by atoms with Crippen LogP contribution in [0.15, 0.2) is 72.8 Å². The molecule has 3 amide bonds. The lowest BCUT2D eigenvalue weighted by Crippen LogP contribution is -2.29. The number of amides is 3. The van der Waals surface area contributed by atoms with Crippen LogP contribution in [0.5, 0.6) is 5.75 Å². The summed E-state index contributed by atoms with van der Waals surface area (Å²) < 4.78 is 5.13. The van der Waals surface area contributed by atoms with Crippen molar-refractivity contribution in [1.29, 1.82) is 0 Å². The van der Waals surface area contributed by atoms with E-state index in [1.165, 1.54) is 0 Å². The van der Waals surface area contributed by atoms with Crippen LogP contribution in [0.3, 0.4) is 0 Å². The Labute approximate surface area is 192 Å². The standard InChI is InChI=1S/C26H25N3O4/c1-17-7-3-6-10-23(17)29-16-18(15-24(29)30)25(31)28-22-9-5-4-8-21(22)26(32)27-19-11-13-20(33-2)14-12-19/h3-14,18H,15-16H2,1-2H3,(H,27,32)(H,28,31). The van der Waals surface area contributed by atoms with Gasteiger partial charge in [-0.25, -0.2) is 0 Å². The van der Waals surface area contributed by atoms with E-state index in [4.69, 9.17) is 4.74 Å². The van der Waals surface area contributed by atoms with Gasteiger partial charge in [-0.05, 0) is 55.0 Å². The predicted octanol–water partition coefficient (Wildman–Crippen LogP) is 4.25. The molecule has 0 aliphatic carbocycles. The first-order valence-electron chi connectivity index (χ1n) is 10.7. The van der Waals surface area contributed by atoms with E-state index in [0.29, 0.717) is 29.2 Å². The molecule has 0 spiro atoms. The summed E-state index contributed by atoms with van der Waals surface area (Å²) >= 11 is 0. The van der Waals surface area contributed by atoms with Crippen LogP contribution in [-0.2, 0) is 9.59 Å². The normalized spacial score (nSPS) is 15.3. The molecule has 7 nitrogen and oxygen atoms in total. The fourth-order valence-electron chi connectivity index (χ4n) is 3.88. The summed E-state index contributed by atoms with van der Waals surface area (Å²) in [6.07, 6.45) is 0.125. The van der Waals surface area contributed by atoms with Crippen LogP contribution in [0.4, 0.5) is 17.1 Å². The number of hydrogen-bond donors (Lipinski definition) is 2. The third-order valence-electron chi connectivity index (χ3n) is 5.68. The van der Waals surface area contributed by atoms with Crippen molar-refractivity contribution in [3.63, 3.8) is 0 Å². The van der Waals surface area contributed by atoms with Crippen molar-refractivity contribution in [2.75, 3.05) is 29.2 Å². The SMILES string of the molecule is COc1ccc(NC(=O)c2ccccc2NC(=O)C2CC(=O)N(c3ccccc3C)C2)cc1. The Morgan fingerprint density at radius 1 is 0.939 bits per heavy atom. The molecule has 168 valence electrons. The molecular formula is C26H25N3O4. The molecule has 0 aromatic heterocycles. The number of hydrogen-bond acceptors (Lipinski definition) is 4. The first-order valence-corrected chi connectivity index (χ1v) is 10.7. The molecule has 3 aromatic carbocycles. The number of rotatable bonds is 6. The molecule has 0 radical (unpaired) electrons. The highest BCUT2D eigenvalue weighted by atomic mass is 16.5. The fourth-order valence-corrected chi connectivity index (χ4v) is 3.88. The number of nitrogens with one attached hydrogen (secondary N) is 2. The van der Waals surface area contributed by atoms with Crippen molar-refractivity contribution < 1.29 is 19.1 Å². The van der Waals surface area contributed by atoms with Gasteiger partial charge in [-0.1, -0.05) is 30.3 Å². The second kappa shape index (κ2) is 9.56. The Hall–Kier alpha value is -4.13. The van der Waals surface area contributed by atoms with Crippen LogP contribution in [0.2, 0.25) is 0 Å². The number of nitrogens with zero attached hydrogens (tertiary/aromatic N) is 1. The van der Waals surface area contributed by atoms with Crippen molar-refractivity contribution in [2.24, 2.45) is 5.92 Å². The molecule has 3 aromatic rings. The van der Waals surface area contributed by atoms with E-state index in [-0.39, 0.29) is 24.1 Å². The lowest BCUT2D eigenvalue weighted by atomic mass is 10.1. The van der Waals surface area contributed by atoms with Crippen molar-refractivity contribution >= 4 is 34.8 Å². The van der Waals surface area contributed by atoms with Crippen LogP contribution in [-0.4, -0.2) is 31.4 Å². The second-order valence-electron chi connectivity index (χ2n) is 7.91. The molecule has 1 fully saturated rings. The zero-order valence-corrected chi connectivity index (χ0v) is 18.5. The summed E-state index contributed by atoms with van der Waals surface area (Å²) in [6, 6.07) is 21.4. The number of aryl methyl sites for hydroxylation is 1. The van der Waals surface area contributed by atoms with Gasteiger partial charge in [0.05, 0.1) is 24.3 Å². The van der Waals surface area contributed by atoms with Crippen molar-refractivity contribution in [3.8, 4) is 5.75 Å². The van der Waals surface area contributed by atoms with E-state index in [1.54, 1.807) is 60.5 Å². The lowest BCUT2D eigenvalue weighted by Gasteiger charge is -2.19. The molecule has 1 heterocycles. The van der Waals surface area contributed by atoms with E-state index in [0.717, 1.165) is 11.3 Å². The van der Waals surface area contributed by atoms with Gasteiger partial charge in [0.25, 0.3) is 5.91 Å². The molecule has 2 N–H and O–H groups in total. The second-order valence-corrected chi connectivity index (χ2v) is 7.91. The van der Waals surface area contributed by atoms with Crippen molar-refractivity contribution in [1.82, 2.24) is 0 Å². The number of anilines is 3. The maximum atomic E-state index is 13.0. The van der Waals surface area contributed by atoms with Gasteiger partial charge >= 0.3 is 0 Å². The molecule has 7 heteroatoms. The summed E-state index contributed by atoms with van der Waals surface area (Å²) in [4.78, 5) is 40.1. The topological polar surface area (TPSA) is 87.7 Å². The Morgan fingerprint density at radius 2 is 1.64 bits per heavy atom. The van der Waals surface area contributed by atoms with Crippen LogP contribution in [0.25, 0.3) is 0 Å². The Balaban J connectivity index is 1.46. The monoisotopic (exact) mass is 443 g/mol. The summed E-state index contributed by atoms with van der Waals surface area (Å²) in [5.41, 5.74) is 3.14. The van der Waals surface area contributed by atoms with Crippen LogP contribution < -0.4 is 20.3 Å². The Bertz CT molecular complexity index is 1190. The summed E-state index contributed by atoms with van der Waals surface area (Å²) in [5, 5.41) is 5.67. The number of ether oxygens (including phenoxy) is 1. The van der Waals surface area contributed by atoms with Crippen molar-refractivity contribution in [2.45, 2.75) is 13.3 Å². The largest absolute Gasteiger partial charge is 0.497 e. The minimum absolute atomic E-state index is 0.0880. The van der Waals surface area contributed by atoms with Gasteiger partial charge in [0, 0.05) is 24.3 Å². The van der Waals surface area contributed by atoms with Gasteiger partial charge < -0.3 is 20.3 Å². The number of benzene rings is 3. The average Bonchev–Trinajstić information content (AvgIpc) is 3.21. The molecule has 0 bridgehead atoms. The molecule has 1 saturated heterocycles. The van der Waals surface area contributed by atoms with E-state index >= 15 is 0 Å².